The van der Waals surface area contributed by atoms with Gasteiger partial charge in [0.1, 0.15) is 23.0 Å². The van der Waals surface area contributed by atoms with E-state index in [0.29, 0.717) is 11.8 Å². The van der Waals surface area contributed by atoms with Crippen molar-refractivity contribution in [2.45, 2.75) is 19.3 Å². The van der Waals surface area contributed by atoms with E-state index in [4.69, 9.17) is 9.47 Å². The Morgan fingerprint density at radius 1 is 0.397 bits per heavy atom. The molecule has 2 unspecified atom stereocenters. The van der Waals surface area contributed by atoms with Crippen LogP contribution >= 0.6 is 0 Å². The van der Waals surface area contributed by atoms with E-state index in [9.17, 15) is 0 Å². The van der Waals surface area contributed by atoms with Crippen molar-refractivity contribution in [2.24, 2.45) is 5.92 Å². The van der Waals surface area contributed by atoms with Gasteiger partial charge in [0.15, 0.2) is 0 Å². The first-order valence-corrected chi connectivity index (χ1v) is 25.5. The quantitative estimate of drug-likeness (QED) is 0.161. The van der Waals surface area contributed by atoms with E-state index in [1.165, 1.54) is 66.4 Å². The summed E-state index contributed by atoms with van der Waals surface area (Å²) < 4.78 is 19.4. The first-order valence-electron chi connectivity index (χ1n) is 25.5. The van der Waals surface area contributed by atoms with Crippen LogP contribution < -0.4 is 25.9 Å². The molecular formula is C68H47BN2O2. The van der Waals surface area contributed by atoms with Crippen molar-refractivity contribution in [2.75, 3.05) is 0 Å². The maximum absolute atomic E-state index is 7.23. The molecule has 4 aliphatic rings. The molecule has 0 bridgehead atoms. The molecule has 2 aliphatic heterocycles. The fourth-order valence-corrected chi connectivity index (χ4v) is 12.2. The zero-order valence-corrected chi connectivity index (χ0v) is 40.2. The second-order valence-corrected chi connectivity index (χ2v) is 20.0. The van der Waals surface area contributed by atoms with Crippen LogP contribution in [-0.4, -0.2) is 15.8 Å². The third kappa shape index (κ3) is 6.76. The Bertz CT molecular complexity index is 4170. The highest BCUT2D eigenvalue weighted by molar-refractivity contribution is 6.98. The van der Waals surface area contributed by atoms with Crippen molar-refractivity contribution in [3.8, 4) is 56.6 Å². The van der Waals surface area contributed by atoms with Gasteiger partial charge in [0, 0.05) is 62.3 Å². The van der Waals surface area contributed by atoms with Crippen LogP contribution in [0.1, 0.15) is 34.7 Å². The molecule has 4 heterocycles. The molecule has 73 heavy (non-hydrogen) atoms. The molecule has 12 aromatic rings. The number of aromatic nitrogens is 2. The second-order valence-electron chi connectivity index (χ2n) is 20.0. The summed E-state index contributed by atoms with van der Waals surface area (Å²) in [6.45, 7) is 1.94. The minimum Gasteiger partial charge on any atom is -0.458 e. The predicted molar refractivity (Wildman–Crippen MR) is 303 cm³/mol. The molecule has 0 amide bonds. The highest BCUT2D eigenvalue weighted by atomic mass is 16.5. The molecule has 2 aliphatic carbocycles. The lowest BCUT2D eigenvalue weighted by atomic mass is 9.34. The van der Waals surface area contributed by atoms with Gasteiger partial charge in [0.2, 0.25) is 0 Å². The Balaban J connectivity index is 0.000000627. The van der Waals surface area contributed by atoms with Crippen molar-refractivity contribution in [1.29, 1.82) is 0 Å². The summed E-state index contributed by atoms with van der Waals surface area (Å²) in [5.74, 6) is 4.37. The Labute approximate surface area is 424 Å². The summed E-state index contributed by atoms with van der Waals surface area (Å²) in [7, 11) is 0. The molecule has 4 nitrogen and oxygen atoms in total. The number of benzene rings is 10. The SMILES string of the molecule is C1=C(c2ccccc2)C2CC2c2c1c1cc3c(cc1n2-c1ccccc1)Oc1cc(-c2ccccc2)cc2c1B3c1cc3c4cc(-c5ccccc5)ccc4n(-c4ccccc4)c3cc1O2.Cc1ccccc1. The van der Waals surface area contributed by atoms with Crippen molar-refractivity contribution in [3.63, 3.8) is 0 Å². The number of fused-ring (bicyclic) bond motifs is 12. The fraction of sp³-hybridized carbons (Fsp3) is 0.0588. The minimum absolute atomic E-state index is 0.140. The molecular weight excluding hydrogens is 888 g/mol. The Morgan fingerprint density at radius 3 is 1.47 bits per heavy atom. The van der Waals surface area contributed by atoms with Crippen LogP contribution in [0.25, 0.3) is 78.0 Å². The van der Waals surface area contributed by atoms with E-state index in [2.05, 4.69) is 241 Å². The van der Waals surface area contributed by atoms with Crippen LogP contribution in [0.15, 0.2) is 237 Å². The summed E-state index contributed by atoms with van der Waals surface area (Å²) in [4.78, 5) is 0. The van der Waals surface area contributed by atoms with Gasteiger partial charge in [0.25, 0.3) is 6.71 Å². The smallest absolute Gasteiger partial charge is 0.260 e. The first kappa shape index (κ1) is 41.7. The Morgan fingerprint density at radius 2 is 0.890 bits per heavy atom. The predicted octanol–water partition coefficient (Wildman–Crippen LogP) is 15.4. The number of aryl methyl sites for hydroxylation is 1. The lowest BCUT2D eigenvalue weighted by molar-refractivity contribution is 0.465. The molecule has 2 aromatic heterocycles. The number of hydrogen-bond acceptors (Lipinski definition) is 2. The Kier molecular flexibility index (Phi) is 9.43. The second kappa shape index (κ2) is 16.5. The van der Waals surface area contributed by atoms with Gasteiger partial charge in [-0.15, -0.1) is 0 Å². The molecule has 0 N–H and O–H groups in total. The van der Waals surface area contributed by atoms with Gasteiger partial charge >= 0.3 is 0 Å². The summed E-state index contributed by atoms with van der Waals surface area (Å²) >= 11 is 0. The Hall–Kier alpha value is -9.06. The maximum Gasteiger partial charge on any atom is 0.260 e. The molecule has 344 valence electrons. The number of allylic oxidation sites excluding steroid dienone is 1. The van der Waals surface area contributed by atoms with Gasteiger partial charge in [-0.2, -0.15) is 0 Å². The van der Waals surface area contributed by atoms with Crippen molar-refractivity contribution < 1.29 is 9.47 Å². The third-order valence-electron chi connectivity index (χ3n) is 15.7. The van der Waals surface area contributed by atoms with E-state index in [-0.39, 0.29) is 6.71 Å². The van der Waals surface area contributed by atoms with E-state index in [0.717, 1.165) is 73.7 Å². The average Bonchev–Trinajstić information content (AvgIpc) is 4.16. The van der Waals surface area contributed by atoms with E-state index >= 15 is 0 Å². The minimum atomic E-state index is -0.140. The number of ether oxygens (including phenoxy) is 2. The highest BCUT2D eigenvalue weighted by Crippen LogP contribution is 2.61. The molecule has 0 saturated heterocycles. The monoisotopic (exact) mass is 934 g/mol. The van der Waals surface area contributed by atoms with Crippen molar-refractivity contribution >= 4 is 67.5 Å². The highest BCUT2D eigenvalue weighted by Gasteiger charge is 2.48. The lowest BCUT2D eigenvalue weighted by Crippen LogP contribution is -2.57. The van der Waals surface area contributed by atoms with Crippen molar-refractivity contribution in [3.05, 3.63) is 259 Å². The van der Waals surface area contributed by atoms with Gasteiger partial charge in [-0.25, -0.2) is 0 Å². The maximum atomic E-state index is 7.23. The fourth-order valence-electron chi connectivity index (χ4n) is 12.2. The molecule has 0 radical (unpaired) electrons. The van der Waals surface area contributed by atoms with Crippen LogP contribution in [0.3, 0.4) is 0 Å². The molecule has 1 fully saturated rings. The van der Waals surface area contributed by atoms with E-state index in [1.54, 1.807) is 0 Å². The molecule has 5 heteroatoms. The van der Waals surface area contributed by atoms with E-state index in [1.807, 2.05) is 18.2 Å². The normalized spacial score (nSPS) is 15.4. The van der Waals surface area contributed by atoms with Crippen LogP contribution in [0.5, 0.6) is 23.0 Å². The van der Waals surface area contributed by atoms with Gasteiger partial charge in [0.05, 0.1) is 16.6 Å². The summed E-state index contributed by atoms with van der Waals surface area (Å²) in [5, 5.41) is 3.65. The third-order valence-corrected chi connectivity index (χ3v) is 15.7. The first-order chi connectivity index (χ1) is 36.1. The topological polar surface area (TPSA) is 28.3 Å². The molecule has 16 rings (SSSR count). The number of rotatable bonds is 5. The zero-order valence-electron chi connectivity index (χ0n) is 40.2. The van der Waals surface area contributed by atoms with Gasteiger partial charge in [-0.3, -0.25) is 0 Å². The van der Waals surface area contributed by atoms with Gasteiger partial charge < -0.3 is 18.6 Å². The number of hydrogen-bond donors (Lipinski definition) is 0. The average molecular weight is 935 g/mol. The largest absolute Gasteiger partial charge is 0.458 e. The zero-order chi connectivity index (χ0) is 48.1. The molecule has 1 saturated carbocycles. The van der Waals surface area contributed by atoms with Gasteiger partial charge in [-0.05, 0) is 118 Å². The number of nitrogens with zero attached hydrogens (tertiary/aromatic N) is 2. The van der Waals surface area contributed by atoms with Crippen LogP contribution in [0.4, 0.5) is 0 Å². The van der Waals surface area contributed by atoms with Gasteiger partial charge in [-0.1, -0.05) is 181 Å². The molecule has 10 aromatic carbocycles. The lowest BCUT2D eigenvalue weighted by Gasteiger charge is -2.33. The van der Waals surface area contributed by atoms with Crippen LogP contribution in [-0.2, 0) is 0 Å². The van der Waals surface area contributed by atoms with Crippen LogP contribution in [0, 0.1) is 12.8 Å². The molecule has 0 spiro atoms. The summed E-state index contributed by atoms with van der Waals surface area (Å²) in [5.41, 5.74) is 20.5. The van der Waals surface area contributed by atoms with Crippen molar-refractivity contribution in [1.82, 2.24) is 9.13 Å². The number of para-hydroxylation sites is 2. The van der Waals surface area contributed by atoms with Crippen LogP contribution in [0.2, 0.25) is 0 Å². The molecule has 2 atom stereocenters. The summed E-state index contributed by atoms with van der Waals surface area (Å²) in [6, 6.07) is 85.0. The van der Waals surface area contributed by atoms with E-state index < -0.39 is 0 Å². The standard InChI is InChI=1S/C61H39BN2O2.C7H8/c1-6-16-37(17-7-1)40-26-27-53-46(28-40)47-33-51-56(35-54(47)63(53)42-22-12-4-13-23-42)65-58-29-41(38-18-8-2-9-19-38)30-59-60(58)62(51)52-34-48-50-31-44(39-20-10-3-11-21-39)45-32-49(45)61(50)64(43-24-14-5-15-25-43)55(48)36-57(52)66-59;1-7-5-3-2-4-6-7/h1-31,33-36,45,49H,32H2;2-6H,1H3. The summed E-state index contributed by atoms with van der Waals surface area (Å²) in [6.07, 6.45) is 3.66.